The van der Waals surface area contributed by atoms with Gasteiger partial charge in [-0.3, -0.25) is 0 Å². The average Bonchev–Trinajstić information content (AvgIpc) is 2.51. The maximum Gasteiger partial charge on any atom is 0.515 e. The Bertz CT molecular complexity index is 595. The summed E-state index contributed by atoms with van der Waals surface area (Å²) in [5.41, 5.74) is 2.11. The van der Waals surface area contributed by atoms with Crippen molar-refractivity contribution in [1.82, 2.24) is 0 Å². The van der Waals surface area contributed by atoms with E-state index in [9.17, 15) is 4.79 Å². The molecule has 0 saturated carbocycles. The molecule has 0 bridgehead atoms. The fraction of sp³-hybridized carbons (Fsp3) is 0.278. The van der Waals surface area contributed by atoms with E-state index in [1.54, 1.807) is 12.1 Å². The minimum absolute atomic E-state index is 0.412. The van der Waals surface area contributed by atoms with Crippen molar-refractivity contribution in [1.29, 1.82) is 0 Å². The summed E-state index contributed by atoms with van der Waals surface area (Å²) in [6, 6.07) is 17.1. The lowest BCUT2D eigenvalue weighted by atomic mass is 10.2. The number of anilines is 1. The van der Waals surface area contributed by atoms with Gasteiger partial charge in [0.2, 0.25) is 0 Å². The summed E-state index contributed by atoms with van der Waals surface area (Å²) in [5, 5.41) is 0. The van der Waals surface area contributed by atoms with Crippen molar-refractivity contribution in [2.45, 2.75) is 27.0 Å². The van der Waals surface area contributed by atoms with Crippen molar-refractivity contribution in [2.75, 3.05) is 11.4 Å². The summed E-state index contributed by atoms with van der Waals surface area (Å²) in [4.78, 5) is 13.9. The first kappa shape index (κ1) is 15.9. The highest BCUT2D eigenvalue weighted by Crippen LogP contribution is 2.18. The lowest BCUT2D eigenvalue weighted by Crippen LogP contribution is -2.37. The van der Waals surface area contributed by atoms with Crippen molar-refractivity contribution in [3.8, 4) is 5.75 Å². The van der Waals surface area contributed by atoms with E-state index in [0.29, 0.717) is 5.75 Å². The third-order valence-electron chi connectivity index (χ3n) is 3.36. The van der Waals surface area contributed by atoms with Gasteiger partial charge in [-0.15, -0.1) is 0 Å². The smallest absolute Gasteiger partial charge is 0.410 e. The molecule has 0 aliphatic rings. The zero-order valence-corrected chi connectivity index (χ0v) is 13.2. The van der Waals surface area contributed by atoms with E-state index in [2.05, 4.69) is 0 Å². The van der Waals surface area contributed by atoms with Gasteiger partial charge in [0.15, 0.2) is 6.23 Å². The molecule has 0 radical (unpaired) electrons. The predicted molar refractivity (Wildman–Crippen MR) is 87.2 cm³/mol. The van der Waals surface area contributed by atoms with Crippen LogP contribution in [-0.2, 0) is 4.74 Å². The number of carbonyl (C=O) groups is 1. The lowest BCUT2D eigenvalue weighted by Gasteiger charge is -2.29. The maximum absolute atomic E-state index is 11.9. The quantitative estimate of drug-likeness (QED) is 0.466. The first-order valence-corrected chi connectivity index (χ1v) is 7.37. The van der Waals surface area contributed by atoms with Gasteiger partial charge in [-0.2, -0.15) is 0 Å². The molecule has 4 nitrogen and oxygen atoms in total. The highest BCUT2D eigenvalue weighted by Gasteiger charge is 2.18. The zero-order chi connectivity index (χ0) is 15.9. The van der Waals surface area contributed by atoms with Crippen LogP contribution in [0, 0.1) is 6.92 Å². The topological polar surface area (TPSA) is 38.8 Å². The SMILES string of the molecule is CCN(c1ccccc1)C(C)OC(=O)Oc1ccc(C)cc1. The molecule has 0 spiro atoms. The molecular weight excluding hydrogens is 278 g/mol. The molecule has 2 aromatic rings. The zero-order valence-electron chi connectivity index (χ0n) is 13.2. The van der Waals surface area contributed by atoms with Gasteiger partial charge in [0.1, 0.15) is 5.75 Å². The number of carbonyl (C=O) groups excluding carboxylic acids is 1. The van der Waals surface area contributed by atoms with E-state index in [1.165, 1.54) is 0 Å². The molecule has 0 heterocycles. The van der Waals surface area contributed by atoms with Crippen LogP contribution < -0.4 is 9.64 Å². The van der Waals surface area contributed by atoms with Crippen LogP contribution in [0.25, 0.3) is 0 Å². The monoisotopic (exact) mass is 299 g/mol. The normalized spacial score (nSPS) is 11.6. The van der Waals surface area contributed by atoms with Crippen molar-refractivity contribution in [3.05, 3.63) is 60.2 Å². The van der Waals surface area contributed by atoms with Crippen LogP contribution in [0.5, 0.6) is 5.75 Å². The van der Waals surface area contributed by atoms with Gasteiger partial charge in [-0.05, 0) is 45.0 Å². The van der Waals surface area contributed by atoms with Gasteiger partial charge >= 0.3 is 6.16 Å². The molecule has 1 unspecified atom stereocenters. The van der Waals surface area contributed by atoms with E-state index >= 15 is 0 Å². The van der Waals surface area contributed by atoms with Crippen molar-refractivity contribution in [3.63, 3.8) is 0 Å². The van der Waals surface area contributed by atoms with Gasteiger partial charge in [0.05, 0.1) is 0 Å². The highest BCUT2D eigenvalue weighted by molar-refractivity contribution is 5.64. The maximum atomic E-state index is 11.9. The van der Waals surface area contributed by atoms with Crippen molar-refractivity contribution in [2.24, 2.45) is 0 Å². The molecular formula is C18H21NO3. The summed E-state index contributed by atoms with van der Waals surface area (Å²) in [5.74, 6) is 0.477. The Hall–Kier alpha value is -2.49. The number of ether oxygens (including phenoxy) is 2. The first-order chi connectivity index (χ1) is 10.6. The predicted octanol–water partition coefficient (Wildman–Crippen LogP) is 4.38. The largest absolute Gasteiger partial charge is 0.515 e. The van der Waals surface area contributed by atoms with Crippen LogP contribution in [0.15, 0.2) is 54.6 Å². The fourth-order valence-corrected chi connectivity index (χ4v) is 2.20. The Morgan fingerprint density at radius 2 is 1.73 bits per heavy atom. The Morgan fingerprint density at radius 1 is 1.09 bits per heavy atom. The van der Waals surface area contributed by atoms with E-state index < -0.39 is 12.4 Å². The molecule has 0 N–H and O–H groups in total. The molecule has 2 rings (SSSR count). The summed E-state index contributed by atoms with van der Waals surface area (Å²) in [6.45, 7) is 6.54. The first-order valence-electron chi connectivity index (χ1n) is 7.37. The molecule has 2 aromatic carbocycles. The number of hydrogen-bond acceptors (Lipinski definition) is 4. The fourth-order valence-electron chi connectivity index (χ4n) is 2.20. The van der Waals surface area contributed by atoms with E-state index in [4.69, 9.17) is 9.47 Å². The van der Waals surface area contributed by atoms with E-state index in [1.807, 2.05) is 68.1 Å². The van der Waals surface area contributed by atoms with Crippen LogP contribution in [-0.4, -0.2) is 18.9 Å². The van der Waals surface area contributed by atoms with E-state index in [0.717, 1.165) is 17.8 Å². The summed E-state index contributed by atoms with van der Waals surface area (Å²) >= 11 is 0. The molecule has 0 amide bonds. The molecule has 0 saturated heterocycles. The third-order valence-corrected chi connectivity index (χ3v) is 3.36. The van der Waals surface area contributed by atoms with Gasteiger partial charge in [0.25, 0.3) is 0 Å². The standard InChI is InChI=1S/C18H21NO3/c1-4-19(16-8-6-5-7-9-16)15(3)21-18(20)22-17-12-10-14(2)11-13-17/h5-13,15H,4H2,1-3H3. The molecule has 1 atom stereocenters. The second-order valence-electron chi connectivity index (χ2n) is 5.00. The van der Waals surface area contributed by atoms with Crippen LogP contribution in [0.3, 0.4) is 0 Å². The average molecular weight is 299 g/mol. The van der Waals surface area contributed by atoms with Crippen LogP contribution in [0.2, 0.25) is 0 Å². The Kier molecular flexibility index (Phi) is 5.42. The number of aryl methyl sites for hydroxylation is 1. The molecule has 4 heteroatoms. The third kappa shape index (κ3) is 4.25. The van der Waals surface area contributed by atoms with Crippen LogP contribution in [0.1, 0.15) is 19.4 Å². The van der Waals surface area contributed by atoms with Crippen molar-refractivity contribution < 1.29 is 14.3 Å². The Balaban J connectivity index is 1.96. The molecule has 116 valence electrons. The molecule has 0 fully saturated rings. The summed E-state index contributed by atoms with van der Waals surface area (Å²) in [6.07, 6.45) is -1.11. The molecule has 22 heavy (non-hydrogen) atoms. The van der Waals surface area contributed by atoms with Crippen LogP contribution >= 0.6 is 0 Å². The Labute approximate surface area is 131 Å². The second-order valence-corrected chi connectivity index (χ2v) is 5.00. The minimum Gasteiger partial charge on any atom is -0.410 e. The van der Waals surface area contributed by atoms with Gasteiger partial charge in [-0.1, -0.05) is 35.9 Å². The summed E-state index contributed by atoms with van der Waals surface area (Å²) in [7, 11) is 0. The highest BCUT2D eigenvalue weighted by atomic mass is 16.7. The Morgan fingerprint density at radius 3 is 2.32 bits per heavy atom. The lowest BCUT2D eigenvalue weighted by molar-refractivity contribution is 0.0645. The minimum atomic E-state index is -0.703. The molecule has 0 aliphatic carbocycles. The van der Waals surface area contributed by atoms with Crippen molar-refractivity contribution >= 4 is 11.8 Å². The second kappa shape index (κ2) is 7.50. The number of nitrogens with zero attached hydrogens (tertiary/aromatic N) is 1. The van der Waals surface area contributed by atoms with Gasteiger partial charge in [0, 0.05) is 12.2 Å². The molecule has 0 aliphatic heterocycles. The van der Waals surface area contributed by atoms with Gasteiger partial charge in [-0.25, -0.2) is 4.79 Å². The molecule has 0 aromatic heterocycles. The number of benzene rings is 2. The number of hydrogen-bond donors (Lipinski definition) is 0. The number of para-hydroxylation sites is 1. The van der Waals surface area contributed by atoms with Crippen LogP contribution in [0.4, 0.5) is 10.5 Å². The van der Waals surface area contributed by atoms with Gasteiger partial charge < -0.3 is 14.4 Å². The van der Waals surface area contributed by atoms with E-state index in [-0.39, 0.29) is 0 Å². The number of rotatable bonds is 5. The summed E-state index contributed by atoms with van der Waals surface area (Å²) < 4.78 is 10.5.